The molecule has 2 rings (SSSR count). The van der Waals surface area contributed by atoms with Crippen molar-refractivity contribution in [2.45, 2.75) is 13.5 Å². The van der Waals surface area contributed by atoms with Gasteiger partial charge in [-0.15, -0.1) is 0 Å². The molecule has 0 saturated heterocycles. The van der Waals surface area contributed by atoms with Crippen LogP contribution in [0.1, 0.15) is 11.1 Å². The highest BCUT2D eigenvalue weighted by molar-refractivity contribution is 5.92. The van der Waals surface area contributed by atoms with Gasteiger partial charge in [-0.05, 0) is 24.6 Å². The highest BCUT2D eigenvalue weighted by atomic mass is 16.5. The predicted molar refractivity (Wildman–Crippen MR) is 83.1 cm³/mol. The number of nitrogens with zero attached hydrogens (tertiary/aromatic N) is 1. The van der Waals surface area contributed by atoms with Crippen LogP contribution in [0.25, 0.3) is 0 Å². The van der Waals surface area contributed by atoms with Crippen LogP contribution in [-0.4, -0.2) is 13.1 Å². The lowest BCUT2D eigenvalue weighted by Gasteiger charge is -2.07. The Morgan fingerprint density at radius 3 is 2.65 bits per heavy atom. The topological polar surface area (TPSA) is 59.6 Å². The molecule has 0 radical (unpaired) electrons. The molecule has 0 aliphatic carbocycles. The molecule has 0 aromatic heterocycles. The lowest BCUT2D eigenvalue weighted by molar-refractivity contribution is 0.415. The molecule has 0 saturated carbocycles. The van der Waals surface area contributed by atoms with Gasteiger partial charge in [0.2, 0.25) is 0 Å². The zero-order valence-corrected chi connectivity index (χ0v) is 11.8. The van der Waals surface area contributed by atoms with Crippen molar-refractivity contribution in [3.05, 3.63) is 59.7 Å². The van der Waals surface area contributed by atoms with Gasteiger partial charge in [0.05, 0.1) is 13.7 Å². The summed E-state index contributed by atoms with van der Waals surface area (Å²) >= 11 is 0. The SMILES string of the molecule is COc1cccc(NC(N)=NCc2ccc(C)cc2)c1. The molecule has 0 aliphatic rings. The smallest absolute Gasteiger partial charge is 0.193 e. The Labute approximate surface area is 119 Å². The van der Waals surface area contributed by atoms with E-state index in [0.717, 1.165) is 17.0 Å². The van der Waals surface area contributed by atoms with E-state index in [1.807, 2.05) is 24.3 Å². The molecule has 20 heavy (non-hydrogen) atoms. The van der Waals surface area contributed by atoms with Crippen LogP contribution in [0.15, 0.2) is 53.5 Å². The van der Waals surface area contributed by atoms with Crippen molar-refractivity contribution in [3.63, 3.8) is 0 Å². The summed E-state index contributed by atoms with van der Waals surface area (Å²) in [5, 5.41) is 3.05. The summed E-state index contributed by atoms with van der Waals surface area (Å²) in [4.78, 5) is 4.32. The third kappa shape index (κ3) is 4.02. The van der Waals surface area contributed by atoms with Crippen LogP contribution >= 0.6 is 0 Å². The normalized spacial score (nSPS) is 11.2. The Hall–Kier alpha value is -2.49. The fraction of sp³-hybridized carbons (Fsp3) is 0.188. The molecule has 0 heterocycles. The molecule has 3 N–H and O–H groups in total. The summed E-state index contributed by atoms with van der Waals surface area (Å²) in [7, 11) is 1.63. The molecular formula is C16H19N3O. The molecule has 0 unspecified atom stereocenters. The Morgan fingerprint density at radius 2 is 1.95 bits per heavy atom. The fourth-order valence-electron chi connectivity index (χ4n) is 1.76. The molecule has 0 fully saturated rings. The Bertz CT molecular complexity index is 591. The van der Waals surface area contributed by atoms with Gasteiger partial charge in [0.15, 0.2) is 5.96 Å². The monoisotopic (exact) mass is 269 g/mol. The third-order valence-corrected chi connectivity index (χ3v) is 2.89. The highest BCUT2D eigenvalue weighted by Gasteiger charge is 1.98. The standard InChI is InChI=1S/C16H19N3O/c1-12-6-8-13(9-7-12)11-18-16(17)19-14-4-3-5-15(10-14)20-2/h3-10H,11H2,1-2H3,(H3,17,18,19). The number of benzene rings is 2. The first-order chi connectivity index (χ1) is 9.67. The van der Waals surface area contributed by atoms with Crippen LogP contribution in [0.3, 0.4) is 0 Å². The summed E-state index contributed by atoms with van der Waals surface area (Å²) < 4.78 is 5.16. The van der Waals surface area contributed by atoms with Gasteiger partial charge in [-0.25, -0.2) is 4.99 Å². The van der Waals surface area contributed by atoms with Crippen molar-refractivity contribution >= 4 is 11.6 Å². The van der Waals surface area contributed by atoms with E-state index in [0.29, 0.717) is 12.5 Å². The molecule has 0 amide bonds. The number of aliphatic imine (C=N–C) groups is 1. The largest absolute Gasteiger partial charge is 0.497 e. The number of ether oxygens (including phenoxy) is 1. The minimum atomic E-state index is 0.388. The number of nitrogens with two attached hydrogens (primary N) is 1. The number of rotatable bonds is 4. The van der Waals surface area contributed by atoms with Crippen LogP contribution in [0, 0.1) is 6.92 Å². The second-order valence-corrected chi connectivity index (χ2v) is 4.54. The lowest BCUT2D eigenvalue weighted by atomic mass is 10.1. The maximum absolute atomic E-state index is 5.87. The molecule has 0 bridgehead atoms. The quantitative estimate of drug-likeness (QED) is 0.662. The minimum absolute atomic E-state index is 0.388. The van der Waals surface area contributed by atoms with Crippen LogP contribution < -0.4 is 15.8 Å². The van der Waals surface area contributed by atoms with Crippen molar-refractivity contribution in [1.82, 2.24) is 0 Å². The number of hydrogen-bond acceptors (Lipinski definition) is 2. The average molecular weight is 269 g/mol. The van der Waals surface area contributed by atoms with Gasteiger partial charge in [0.1, 0.15) is 5.75 Å². The molecule has 2 aromatic rings. The van der Waals surface area contributed by atoms with Gasteiger partial charge in [-0.1, -0.05) is 35.9 Å². The van der Waals surface area contributed by atoms with Crippen molar-refractivity contribution in [3.8, 4) is 5.75 Å². The van der Waals surface area contributed by atoms with Crippen molar-refractivity contribution in [2.24, 2.45) is 10.7 Å². The summed E-state index contributed by atoms with van der Waals surface area (Å²) in [5.74, 6) is 1.17. The number of guanidine groups is 1. The van der Waals surface area contributed by atoms with Gasteiger partial charge in [0.25, 0.3) is 0 Å². The van der Waals surface area contributed by atoms with E-state index in [4.69, 9.17) is 10.5 Å². The number of anilines is 1. The van der Waals surface area contributed by atoms with E-state index in [1.54, 1.807) is 7.11 Å². The van der Waals surface area contributed by atoms with E-state index in [9.17, 15) is 0 Å². The summed E-state index contributed by atoms with van der Waals surface area (Å²) in [6, 6.07) is 15.8. The Morgan fingerprint density at radius 1 is 1.20 bits per heavy atom. The second kappa shape index (κ2) is 6.61. The average Bonchev–Trinajstić information content (AvgIpc) is 2.47. The number of aryl methyl sites for hydroxylation is 1. The minimum Gasteiger partial charge on any atom is -0.497 e. The van der Waals surface area contributed by atoms with Crippen LogP contribution in [0.2, 0.25) is 0 Å². The van der Waals surface area contributed by atoms with Crippen LogP contribution in [-0.2, 0) is 6.54 Å². The van der Waals surface area contributed by atoms with Crippen LogP contribution in [0.4, 0.5) is 5.69 Å². The van der Waals surface area contributed by atoms with Gasteiger partial charge < -0.3 is 15.8 Å². The van der Waals surface area contributed by atoms with Crippen molar-refractivity contribution in [1.29, 1.82) is 0 Å². The molecule has 2 aromatic carbocycles. The zero-order valence-electron chi connectivity index (χ0n) is 11.8. The van der Waals surface area contributed by atoms with E-state index in [2.05, 4.69) is 41.5 Å². The molecule has 0 spiro atoms. The number of methoxy groups -OCH3 is 1. The van der Waals surface area contributed by atoms with Crippen molar-refractivity contribution in [2.75, 3.05) is 12.4 Å². The van der Waals surface area contributed by atoms with E-state index in [1.165, 1.54) is 5.56 Å². The first-order valence-electron chi connectivity index (χ1n) is 6.44. The van der Waals surface area contributed by atoms with E-state index in [-0.39, 0.29) is 0 Å². The zero-order chi connectivity index (χ0) is 14.4. The highest BCUT2D eigenvalue weighted by Crippen LogP contribution is 2.16. The van der Waals surface area contributed by atoms with Gasteiger partial charge >= 0.3 is 0 Å². The first kappa shape index (κ1) is 13.9. The molecule has 4 nitrogen and oxygen atoms in total. The second-order valence-electron chi connectivity index (χ2n) is 4.54. The number of hydrogen-bond donors (Lipinski definition) is 2. The lowest BCUT2D eigenvalue weighted by Crippen LogP contribution is -2.22. The molecule has 4 heteroatoms. The molecule has 0 aliphatic heterocycles. The fourth-order valence-corrected chi connectivity index (χ4v) is 1.76. The molecular weight excluding hydrogens is 250 g/mol. The Balaban J connectivity index is 1.98. The van der Waals surface area contributed by atoms with Gasteiger partial charge in [-0.2, -0.15) is 0 Å². The van der Waals surface area contributed by atoms with Crippen molar-refractivity contribution < 1.29 is 4.74 Å². The van der Waals surface area contributed by atoms with Crippen LogP contribution in [0.5, 0.6) is 5.75 Å². The van der Waals surface area contributed by atoms with E-state index < -0.39 is 0 Å². The van der Waals surface area contributed by atoms with E-state index >= 15 is 0 Å². The van der Waals surface area contributed by atoms with Gasteiger partial charge in [0, 0.05) is 11.8 Å². The van der Waals surface area contributed by atoms with Gasteiger partial charge in [-0.3, -0.25) is 0 Å². The first-order valence-corrected chi connectivity index (χ1v) is 6.44. The molecule has 0 atom stereocenters. The predicted octanol–water partition coefficient (Wildman–Crippen LogP) is 2.93. The summed E-state index contributed by atoms with van der Waals surface area (Å²) in [6.45, 7) is 2.62. The third-order valence-electron chi connectivity index (χ3n) is 2.89. The number of nitrogens with one attached hydrogen (secondary N) is 1. The maximum atomic E-state index is 5.87. The Kier molecular flexibility index (Phi) is 4.60. The summed E-state index contributed by atoms with van der Waals surface area (Å²) in [6.07, 6.45) is 0. The summed E-state index contributed by atoms with van der Waals surface area (Å²) in [5.41, 5.74) is 9.10. The molecule has 104 valence electrons. The maximum Gasteiger partial charge on any atom is 0.193 e.